The minimum absolute atomic E-state index is 0.0103. The van der Waals surface area contributed by atoms with Gasteiger partial charge in [-0.25, -0.2) is 4.98 Å². The van der Waals surface area contributed by atoms with Gasteiger partial charge in [0.2, 0.25) is 5.88 Å². The Morgan fingerprint density at radius 2 is 2.22 bits per heavy atom. The van der Waals surface area contributed by atoms with Crippen LogP contribution >= 0.6 is 0 Å². The van der Waals surface area contributed by atoms with Crippen LogP contribution in [0.15, 0.2) is 18.3 Å². The molecule has 98 valence electrons. The van der Waals surface area contributed by atoms with Crippen molar-refractivity contribution in [1.29, 1.82) is 0 Å². The number of carbonyl (C=O) groups is 2. The van der Waals surface area contributed by atoms with E-state index < -0.39 is 17.9 Å². The van der Waals surface area contributed by atoms with Crippen molar-refractivity contribution in [2.24, 2.45) is 0 Å². The zero-order chi connectivity index (χ0) is 13.5. The molecule has 7 nitrogen and oxygen atoms in total. The summed E-state index contributed by atoms with van der Waals surface area (Å²) in [6.45, 7) is 1.51. The van der Waals surface area contributed by atoms with E-state index in [1.165, 1.54) is 20.2 Å². The summed E-state index contributed by atoms with van der Waals surface area (Å²) in [7, 11) is 1.41. The summed E-state index contributed by atoms with van der Waals surface area (Å²) < 4.78 is 4.93. The number of carbonyl (C=O) groups excluding carboxylic acids is 2. The largest absolute Gasteiger partial charge is 0.480 e. The number of ether oxygens (including phenoxy) is 1. The second-order valence-corrected chi connectivity index (χ2v) is 3.57. The fourth-order valence-corrected chi connectivity index (χ4v) is 1.15. The molecule has 0 aliphatic heterocycles. The van der Waals surface area contributed by atoms with Crippen molar-refractivity contribution >= 4 is 17.5 Å². The van der Waals surface area contributed by atoms with Crippen LogP contribution in [0.1, 0.15) is 6.92 Å². The summed E-state index contributed by atoms with van der Waals surface area (Å²) in [6, 6.07) is 3.16. The number of aliphatic hydroxyl groups excluding tert-OH is 1. The van der Waals surface area contributed by atoms with Crippen LogP contribution in [-0.2, 0) is 9.59 Å². The smallest absolute Gasteiger partial charge is 0.313 e. The molecule has 0 unspecified atom stereocenters. The Bertz CT molecular complexity index is 434. The molecule has 1 heterocycles. The second-order valence-electron chi connectivity index (χ2n) is 3.57. The molecule has 1 aromatic rings. The van der Waals surface area contributed by atoms with Gasteiger partial charge in [0.15, 0.2) is 0 Å². The number of methoxy groups -OCH3 is 1. The number of hydrogen-bond acceptors (Lipinski definition) is 5. The molecule has 0 radical (unpaired) electrons. The zero-order valence-electron chi connectivity index (χ0n) is 10.1. The van der Waals surface area contributed by atoms with Gasteiger partial charge in [-0.2, -0.15) is 0 Å². The Morgan fingerprint density at radius 1 is 1.50 bits per heavy atom. The number of aromatic nitrogens is 1. The van der Waals surface area contributed by atoms with Crippen LogP contribution in [0.3, 0.4) is 0 Å². The molecule has 2 amide bonds. The molecule has 7 heteroatoms. The molecule has 0 spiro atoms. The second kappa shape index (κ2) is 6.55. The fraction of sp³-hybridized carbons (Fsp3) is 0.364. The van der Waals surface area contributed by atoms with Crippen molar-refractivity contribution in [3.8, 4) is 5.88 Å². The number of nitrogens with one attached hydrogen (secondary N) is 2. The molecular formula is C11H15N3O4. The molecular weight excluding hydrogens is 238 g/mol. The van der Waals surface area contributed by atoms with Crippen molar-refractivity contribution < 1.29 is 19.4 Å². The third-order valence-corrected chi connectivity index (χ3v) is 1.98. The standard InChI is InChI=1S/C11H15N3O4/c1-7(15)6-13-9(16)10(17)14-8-4-3-5-12-11(8)18-2/h3-5,7,15H,6H2,1-2H3,(H,13,16)(H,14,17)/t7-/m1/s1. The van der Waals surface area contributed by atoms with Gasteiger partial charge in [0, 0.05) is 12.7 Å². The summed E-state index contributed by atoms with van der Waals surface area (Å²) in [4.78, 5) is 26.7. The Balaban J connectivity index is 2.61. The Kier molecular flexibility index (Phi) is 5.06. The normalized spacial score (nSPS) is 11.5. The molecule has 1 aromatic heterocycles. The van der Waals surface area contributed by atoms with E-state index in [-0.39, 0.29) is 12.4 Å². The fourth-order valence-electron chi connectivity index (χ4n) is 1.15. The summed E-state index contributed by atoms with van der Waals surface area (Å²) in [5.41, 5.74) is 0.303. The lowest BCUT2D eigenvalue weighted by atomic mass is 10.3. The highest BCUT2D eigenvalue weighted by Crippen LogP contribution is 2.19. The molecule has 0 saturated carbocycles. The van der Waals surface area contributed by atoms with E-state index in [1.54, 1.807) is 12.1 Å². The van der Waals surface area contributed by atoms with Gasteiger partial charge in [0.1, 0.15) is 5.69 Å². The monoisotopic (exact) mass is 253 g/mol. The molecule has 0 aromatic carbocycles. The van der Waals surface area contributed by atoms with E-state index in [2.05, 4.69) is 15.6 Å². The highest BCUT2D eigenvalue weighted by atomic mass is 16.5. The molecule has 0 aliphatic rings. The Morgan fingerprint density at radius 3 is 2.83 bits per heavy atom. The van der Waals surface area contributed by atoms with Gasteiger partial charge in [0.05, 0.1) is 13.2 Å². The van der Waals surface area contributed by atoms with E-state index in [9.17, 15) is 9.59 Å². The summed E-state index contributed by atoms with van der Waals surface area (Å²) in [6.07, 6.45) is 0.789. The molecule has 0 fully saturated rings. The lowest BCUT2D eigenvalue weighted by molar-refractivity contribution is -0.136. The maximum absolute atomic E-state index is 11.5. The first-order chi connectivity index (χ1) is 8.54. The predicted molar refractivity (Wildman–Crippen MR) is 64.1 cm³/mol. The maximum Gasteiger partial charge on any atom is 0.313 e. The number of nitrogens with zero attached hydrogens (tertiary/aromatic N) is 1. The average molecular weight is 253 g/mol. The van der Waals surface area contributed by atoms with Crippen LogP contribution in [0.2, 0.25) is 0 Å². The lowest BCUT2D eigenvalue weighted by Crippen LogP contribution is -2.38. The number of amides is 2. The Labute approximate surface area is 104 Å². The number of hydrogen-bond donors (Lipinski definition) is 3. The molecule has 0 saturated heterocycles. The van der Waals surface area contributed by atoms with Crippen LogP contribution in [0, 0.1) is 0 Å². The van der Waals surface area contributed by atoms with Crippen molar-refractivity contribution in [2.45, 2.75) is 13.0 Å². The minimum Gasteiger partial charge on any atom is -0.480 e. The van der Waals surface area contributed by atoms with Gasteiger partial charge in [-0.05, 0) is 19.1 Å². The van der Waals surface area contributed by atoms with Crippen molar-refractivity contribution in [3.63, 3.8) is 0 Å². The van der Waals surface area contributed by atoms with Gasteiger partial charge < -0.3 is 20.5 Å². The third kappa shape index (κ3) is 4.02. The highest BCUT2D eigenvalue weighted by molar-refractivity contribution is 6.39. The van der Waals surface area contributed by atoms with Gasteiger partial charge in [0.25, 0.3) is 0 Å². The minimum atomic E-state index is -0.845. The van der Waals surface area contributed by atoms with E-state index in [0.717, 1.165) is 0 Å². The molecule has 0 bridgehead atoms. The molecule has 0 aliphatic carbocycles. The molecule has 1 rings (SSSR count). The first-order valence-electron chi connectivity index (χ1n) is 5.31. The van der Waals surface area contributed by atoms with Crippen LogP contribution in [0.4, 0.5) is 5.69 Å². The third-order valence-electron chi connectivity index (χ3n) is 1.98. The number of aliphatic hydroxyl groups is 1. The average Bonchev–Trinajstić information content (AvgIpc) is 2.36. The van der Waals surface area contributed by atoms with Crippen molar-refractivity contribution in [2.75, 3.05) is 19.0 Å². The van der Waals surface area contributed by atoms with Gasteiger partial charge in [-0.1, -0.05) is 0 Å². The van der Waals surface area contributed by atoms with E-state index >= 15 is 0 Å². The zero-order valence-corrected chi connectivity index (χ0v) is 10.1. The van der Waals surface area contributed by atoms with Crippen LogP contribution in [0.5, 0.6) is 5.88 Å². The molecule has 1 atom stereocenters. The van der Waals surface area contributed by atoms with Gasteiger partial charge >= 0.3 is 11.8 Å². The predicted octanol–water partition coefficient (Wildman–Crippen LogP) is -0.474. The summed E-state index contributed by atoms with van der Waals surface area (Å²) in [5.74, 6) is -1.46. The number of pyridine rings is 1. The molecule has 18 heavy (non-hydrogen) atoms. The number of rotatable bonds is 4. The van der Waals surface area contributed by atoms with Gasteiger partial charge in [-0.15, -0.1) is 0 Å². The lowest BCUT2D eigenvalue weighted by Gasteiger charge is -2.09. The van der Waals surface area contributed by atoms with E-state index in [1.807, 2.05) is 0 Å². The summed E-state index contributed by atoms with van der Waals surface area (Å²) in [5, 5.41) is 13.6. The van der Waals surface area contributed by atoms with Crippen molar-refractivity contribution in [3.05, 3.63) is 18.3 Å². The number of anilines is 1. The topological polar surface area (TPSA) is 101 Å². The quantitative estimate of drug-likeness (QED) is 0.629. The van der Waals surface area contributed by atoms with Crippen molar-refractivity contribution in [1.82, 2.24) is 10.3 Å². The van der Waals surface area contributed by atoms with Crippen LogP contribution < -0.4 is 15.4 Å². The first-order valence-corrected chi connectivity index (χ1v) is 5.31. The Hall–Kier alpha value is -2.15. The van der Waals surface area contributed by atoms with Crippen LogP contribution in [0.25, 0.3) is 0 Å². The van der Waals surface area contributed by atoms with E-state index in [0.29, 0.717) is 5.69 Å². The molecule has 3 N–H and O–H groups in total. The van der Waals surface area contributed by atoms with Crippen LogP contribution in [-0.4, -0.2) is 41.7 Å². The highest BCUT2D eigenvalue weighted by Gasteiger charge is 2.16. The van der Waals surface area contributed by atoms with Gasteiger partial charge in [-0.3, -0.25) is 9.59 Å². The first kappa shape index (κ1) is 13.9. The maximum atomic E-state index is 11.5. The summed E-state index contributed by atoms with van der Waals surface area (Å²) >= 11 is 0. The van der Waals surface area contributed by atoms with E-state index in [4.69, 9.17) is 9.84 Å². The SMILES string of the molecule is COc1ncccc1NC(=O)C(=O)NC[C@@H](C)O.